The molecule has 4 atom stereocenters. The zero-order valence-corrected chi connectivity index (χ0v) is 18.1. The quantitative estimate of drug-likeness (QED) is 0.646. The molecule has 0 bridgehead atoms. The Morgan fingerprint density at radius 2 is 1.62 bits per heavy atom. The molecule has 2 aromatic carbocycles. The minimum atomic E-state index is 0.0281. The van der Waals surface area contributed by atoms with E-state index >= 15 is 0 Å². The Hall–Kier alpha value is -2.10. The summed E-state index contributed by atoms with van der Waals surface area (Å²) < 4.78 is 0. The van der Waals surface area contributed by atoms with Crippen LogP contribution in [0.15, 0.2) is 54.6 Å². The number of para-hydroxylation sites is 1. The number of nitrogens with one attached hydrogen (secondary N) is 2. The molecule has 2 aliphatic rings. The van der Waals surface area contributed by atoms with Crippen molar-refractivity contribution in [3.8, 4) is 0 Å². The van der Waals surface area contributed by atoms with Crippen molar-refractivity contribution in [1.29, 1.82) is 0 Å². The SMILES string of the molecule is CC1C(C)C(c2ccccc2)(N(C)C)CCC12NCCc1c2[nH]c2ccccc12. The van der Waals surface area contributed by atoms with E-state index in [4.69, 9.17) is 0 Å². The maximum absolute atomic E-state index is 4.01. The molecule has 2 N–H and O–H groups in total. The monoisotopic (exact) mass is 387 g/mol. The molecule has 1 spiro atoms. The van der Waals surface area contributed by atoms with Crippen LogP contribution in [0.25, 0.3) is 10.9 Å². The Morgan fingerprint density at radius 3 is 2.38 bits per heavy atom. The fourth-order valence-corrected chi connectivity index (χ4v) is 6.65. The van der Waals surface area contributed by atoms with Crippen molar-refractivity contribution >= 4 is 10.9 Å². The number of H-pyrrole nitrogens is 1. The smallest absolute Gasteiger partial charge is 0.0619 e. The number of benzene rings is 2. The van der Waals surface area contributed by atoms with Crippen LogP contribution in [0.2, 0.25) is 0 Å². The predicted octanol–water partition coefficient (Wildman–Crippen LogP) is 5.03. The highest BCUT2D eigenvalue weighted by Crippen LogP contribution is 2.56. The van der Waals surface area contributed by atoms with E-state index < -0.39 is 0 Å². The summed E-state index contributed by atoms with van der Waals surface area (Å²) in [7, 11) is 4.52. The van der Waals surface area contributed by atoms with Crippen LogP contribution in [0.4, 0.5) is 0 Å². The molecule has 5 rings (SSSR count). The van der Waals surface area contributed by atoms with E-state index in [1.54, 1.807) is 0 Å². The van der Waals surface area contributed by atoms with Crippen LogP contribution >= 0.6 is 0 Å². The molecule has 0 radical (unpaired) electrons. The molecule has 1 aliphatic heterocycles. The first-order valence-electron chi connectivity index (χ1n) is 11.1. The first kappa shape index (κ1) is 18.9. The van der Waals surface area contributed by atoms with Crippen molar-refractivity contribution in [2.24, 2.45) is 11.8 Å². The summed E-state index contributed by atoms with van der Waals surface area (Å²) in [6, 6.07) is 20.0. The van der Waals surface area contributed by atoms with E-state index in [9.17, 15) is 0 Å². The molecule has 1 fully saturated rings. The van der Waals surface area contributed by atoms with Gasteiger partial charge in [0.05, 0.1) is 5.54 Å². The normalized spacial score (nSPS) is 32.0. The lowest BCUT2D eigenvalue weighted by Gasteiger charge is -2.58. The summed E-state index contributed by atoms with van der Waals surface area (Å²) in [5.41, 5.74) is 5.82. The molecule has 0 amide bonds. The van der Waals surface area contributed by atoms with Crippen LogP contribution in [0.3, 0.4) is 0 Å². The van der Waals surface area contributed by atoms with Crippen LogP contribution < -0.4 is 5.32 Å². The van der Waals surface area contributed by atoms with Crippen molar-refractivity contribution in [3.05, 3.63) is 71.4 Å². The molecule has 152 valence electrons. The zero-order valence-electron chi connectivity index (χ0n) is 18.1. The van der Waals surface area contributed by atoms with E-state index in [0.717, 1.165) is 25.8 Å². The van der Waals surface area contributed by atoms with Gasteiger partial charge in [0.1, 0.15) is 0 Å². The van der Waals surface area contributed by atoms with Crippen LogP contribution in [-0.4, -0.2) is 30.5 Å². The van der Waals surface area contributed by atoms with Gasteiger partial charge in [0, 0.05) is 28.7 Å². The topological polar surface area (TPSA) is 31.1 Å². The Morgan fingerprint density at radius 1 is 0.897 bits per heavy atom. The van der Waals surface area contributed by atoms with E-state index in [1.165, 1.54) is 27.7 Å². The highest BCUT2D eigenvalue weighted by Gasteiger charge is 2.56. The summed E-state index contributed by atoms with van der Waals surface area (Å²) >= 11 is 0. The molecule has 29 heavy (non-hydrogen) atoms. The molecule has 3 nitrogen and oxygen atoms in total. The van der Waals surface area contributed by atoms with Crippen LogP contribution in [0.5, 0.6) is 0 Å². The van der Waals surface area contributed by atoms with Gasteiger partial charge < -0.3 is 10.3 Å². The second kappa shape index (κ2) is 6.72. The molecule has 3 heteroatoms. The van der Waals surface area contributed by atoms with Crippen LogP contribution in [0, 0.1) is 11.8 Å². The third-order valence-corrected chi connectivity index (χ3v) is 8.33. The average molecular weight is 388 g/mol. The highest BCUT2D eigenvalue weighted by atomic mass is 15.2. The summed E-state index contributed by atoms with van der Waals surface area (Å²) in [6.45, 7) is 6.00. The molecule has 3 aromatic rings. The largest absolute Gasteiger partial charge is 0.357 e. The molecule has 4 unspecified atom stereocenters. The molecular formula is C26H33N3. The summed E-state index contributed by atoms with van der Waals surface area (Å²) in [5, 5.41) is 5.42. The van der Waals surface area contributed by atoms with E-state index in [0.29, 0.717) is 11.8 Å². The Balaban J connectivity index is 1.63. The molecule has 1 saturated carbocycles. The molecule has 1 aliphatic carbocycles. The molecule has 1 aromatic heterocycles. The third-order valence-electron chi connectivity index (χ3n) is 8.33. The van der Waals surface area contributed by atoms with Gasteiger partial charge in [-0.15, -0.1) is 0 Å². The molecular weight excluding hydrogens is 354 g/mol. The minimum absolute atomic E-state index is 0.0281. The summed E-state index contributed by atoms with van der Waals surface area (Å²) in [5.74, 6) is 1.02. The first-order chi connectivity index (χ1) is 14.0. The predicted molar refractivity (Wildman–Crippen MR) is 121 cm³/mol. The van der Waals surface area contributed by atoms with Crippen LogP contribution in [0.1, 0.15) is 43.5 Å². The van der Waals surface area contributed by atoms with Gasteiger partial charge in [0.15, 0.2) is 0 Å². The van der Waals surface area contributed by atoms with Gasteiger partial charge in [0.25, 0.3) is 0 Å². The van der Waals surface area contributed by atoms with Gasteiger partial charge in [-0.1, -0.05) is 62.4 Å². The van der Waals surface area contributed by atoms with Gasteiger partial charge in [0.2, 0.25) is 0 Å². The van der Waals surface area contributed by atoms with Gasteiger partial charge in [-0.25, -0.2) is 0 Å². The number of fused-ring (bicyclic) bond motifs is 4. The van der Waals surface area contributed by atoms with Gasteiger partial charge in [-0.2, -0.15) is 0 Å². The maximum atomic E-state index is 4.01. The van der Waals surface area contributed by atoms with E-state index in [-0.39, 0.29) is 11.1 Å². The summed E-state index contributed by atoms with van der Waals surface area (Å²) in [6.07, 6.45) is 3.41. The number of aromatic nitrogens is 1. The lowest BCUT2D eigenvalue weighted by atomic mass is 9.56. The fraction of sp³-hybridized carbons (Fsp3) is 0.462. The number of hydrogen-bond donors (Lipinski definition) is 2. The number of nitrogens with zero attached hydrogens (tertiary/aromatic N) is 1. The summed E-state index contributed by atoms with van der Waals surface area (Å²) in [4.78, 5) is 6.33. The lowest BCUT2D eigenvalue weighted by Crippen LogP contribution is -2.63. The van der Waals surface area contributed by atoms with Crippen molar-refractivity contribution < 1.29 is 0 Å². The zero-order chi connectivity index (χ0) is 20.2. The van der Waals surface area contributed by atoms with E-state index in [2.05, 4.69) is 97.7 Å². The van der Waals surface area contributed by atoms with Crippen molar-refractivity contribution in [3.63, 3.8) is 0 Å². The van der Waals surface area contributed by atoms with Gasteiger partial charge in [-0.3, -0.25) is 4.90 Å². The van der Waals surface area contributed by atoms with Crippen molar-refractivity contribution in [2.75, 3.05) is 20.6 Å². The third kappa shape index (κ3) is 2.50. The Kier molecular flexibility index (Phi) is 4.38. The average Bonchev–Trinajstić information content (AvgIpc) is 3.13. The van der Waals surface area contributed by atoms with Gasteiger partial charge in [-0.05, 0) is 62.4 Å². The van der Waals surface area contributed by atoms with E-state index in [1.807, 2.05) is 0 Å². The maximum Gasteiger partial charge on any atom is 0.0619 e. The second-order valence-corrected chi connectivity index (χ2v) is 9.43. The van der Waals surface area contributed by atoms with Crippen LogP contribution in [-0.2, 0) is 17.5 Å². The van der Waals surface area contributed by atoms with Crippen molar-refractivity contribution in [1.82, 2.24) is 15.2 Å². The second-order valence-electron chi connectivity index (χ2n) is 9.43. The first-order valence-corrected chi connectivity index (χ1v) is 11.1. The standard InChI is InChI=1S/C26H33N3/c1-18-19(2)26(29(3)4,20-10-6-5-7-11-20)16-15-25(18)24-22(14-17-27-25)21-12-8-9-13-23(21)28-24/h5-13,18-19,27-28H,14-17H2,1-4H3. The van der Waals surface area contributed by atoms with Crippen molar-refractivity contribution in [2.45, 2.75) is 44.2 Å². The fourth-order valence-electron chi connectivity index (χ4n) is 6.65. The number of hydrogen-bond acceptors (Lipinski definition) is 2. The molecule has 2 heterocycles. The highest BCUT2D eigenvalue weighted by molar-refractivity contribution is 5.85. The number of aromatic amines is 1. The van der Waals surface area contributed by atoms with Gasteiger partial charge >= 0.3 is 0 Å². The molecule has 0 saturated heterocycles. The lowest BCUT2D eigenvalue weighted by molar-refractivity contribution is -0.0451. The Labute approximate surface area is 174 Å². The Bertz CT molecular complexity index is 1020. The number of rotatable bonds is 2. The minimum Gasteiger partial charge on any atom is -0.357 e.